The van der Waals surface area contributed by atoms with Crippen LogP contribution >= 0.6 is 0 Å². The lowest BCUT2D eigenvalue weighted by molar-refractivity contribution is -0.346. The van der Waals surface area contributed by atoms with E-state index in [1.54, 1.807) is 6.92 Å². The number of aliphatic hydroxyl groups is 7. The van der Waals surface area contributed by atoms with Crippen molar-refractivity contribution in [1.29, 1.82) is 0 Å². The molecule has 0 radical (unpaired) electrons. The van der Waals surface area contributed by atoms with E-state index in [-0.39, 0.29) is 12.8 Å². The molecule has 3 fully saturated rings. The van der Waals surface area contributed by atoms with Crippen molar-refractivity contribution < 1.29 is 64.3 Å². The van der Waals surface area contributed by atoms with Crippen molar-refractivity contribution in [2.45, 2.75) is 210 Å². The van der Waals surface area contributed by atoms with E-state index in [1.807, 2.05) is 0 Å². The fraction of sp³-hybridized carbons (Fsp3) is 0.857. The molecule has 3 saturated heterocycles. The number of carbonyl (C=O) groups excluding carboxylic acids is 2. The lowest BCUT2D eigenvalue weighted by Crippen LogP contribution is -2.68. The zero-order chi connectivity index (χ0) is 44.8. The van der Waals surface area contributed by atoms with Crippen LogP contribution in [0.25, 0.3) is 0 Å². The topological polar surface area (TPSA) is 292 Å². The molecule has 3 aliphatic rings. The van der Waals surface area contributed by atoms with Gasteiger partial charge in [0, 0.05) is 25.6 Å². The van der Waals surface area contributed by atoms with Gasteiger partial charge in [0.25, 0.3) is 5.56 Å². The van der Waals surface area contributed by atoms with Crippen molar-refractivity contribution in [3.8, 4) is 0 Å². The first-order valence-electron chi connectivity index (χ1n) is 22.2. The van der Waals surface area contributed by atoms with Gasteiger partial charge in [-0.3, -0.25) is 23.9 Å². The molecule has 0 saturated carbocycles. The fourth-order valence-electron chi connectivity index (χ4n) is 8.49. The number of nitrogens with one attached hydrogen (secondary N) is 3. The highest BCUT2D eigenvalue weighted by molar-refractivity contribution is 5.76. The number of aromatic nitrogens is 2. The summed E-state index contributed by atoms with van der Waals surface area (Å²) in [5.41, 5.74) is -1.54. The maximum absolute atomic E-state index is 13.3. The van der Waals surface area contributed by atoms with Crippen molar-refractivity contribution in [2.75, 3.05) is 6.61 Å². The third-order valence-corrected chi connectivity index (χ3v) is 12.0. The molecule has 2 amide bonds. The molecule has 19 heteroatoms. The Hall–Kier alpha value is -2.82. The Bertz CT molecular complexity index is 1600. The third kappa shape index (κ3) is 14.6. The number of amides is 2. The first kappa shape index (κ1) is 50.8. The number of hydrogen-bond donors (Lipinski definition) is 10. The minimum absolute atomic E-state index is 0.105. The van der Waals surface area contributed by atoms with Crippen LogP contribution < -0.4 is 21.9 Å². The van der Waals surface area contributed by atoms with Crippen molar-refractivity contribution in [2.24, 2.45) is 11.8 Å². The largest absolute Gasteiger partial charge is 0.394 e. The number of aromatic amines is 1. The summed E-state index contributed by atoms with van der Waals surface area (Å²) < 4.78 is 24.9. The number of carbonyl (C=O) groups is 2. The Morgan fingerprint density at radius 1 is 0.721 bits per heavy atom. The highest BCUT2D eigenvalue weighted by Crippen LogP contribution is 2.37. The van der Waals surface area contributed by atoms with Crippen LogP contribution in [0.2, 0.25) is 0 Å². The Morgan fingerprint density at radius 3 is 1.79 bits per heavy atom. The van der Waals surface area contributed by atoms with E-state index in [1.165, 1.54) is 51.4 Å². The molecular weight excluding hydrogens is 800 g/mol. The molecule has 1 aromatic heterocycles. The first-order valence-corrected chi connectivity index (χ1v) is 22.2. The van der Waals surface area contributed by atoms with Gasteiger partial charge in [-0.15, -0.1) is 0 Å². The number of unbranched alkanes of at least 4 members (excludes halogenated alkanes) is 11. The first-order chi connectivity index (χ1) is 29.0. The maximum Gasteiger partial charge on any atom is 0.330 e. The van der Waals surface area contributed by atoms with Gasteiger partial charge in [0.05, 0.1) is 18.8 Å². The zero-order valence-electron chi connectivity index (χ0n) is 36.0. The minimum Gasteiger partial charge on any atom is -0.394 e. The second-order valence-electron chi connectivity index (χ2n) is 17.6. The highest BCUT2D eigenvalue weighted by Gasteiger charge is 2.53. The van der Waals surface area contributed by atoms with Crippen LogP contribution in [0.1, 0.15) is 130 Å². The number of hydrogen-bond acceptors (Lipinski definition) is 15. The number of ether oxygens (including phenoxy) is 4. The number of H-pyrrole nitrogens is 1. The van der Waals surface area contributed by atoms with Crippen LogP contribution in [0.5, 0.6) is 0 Å². The van der Waals surface area contributed by atoms with Gasteiger partial charge >= 0.3 is 5.69 Å². The molecule has 4 heterocycles. The standard InChI is InChI=1S/C42H72N4O15/c1-23(2)17-15-13-11-9-7-5-6-8-10-12-14-16-18-28(49)44-31-35(54)32(51)26(58-41(31)61-40-30(43-25(4)48)34(53)33(52)27(22-47)59-40)21-24(3)38-36(55)37(56)39(60-38)46-20-19-29(50)45-42(46)57/h19-20,23-24,26-27,30-41,47,51-56H,5-18,21-22H2,1-4H3,(H,43,48)(H,44,49)(H,45,50,57)/t24-,26-,27+,30-,31-,32+,33+,34-,35-,36+,37-,38-,39-,40+,41+/m1/s1. The van der Waals surface area contributed by atoms with Gasteiger partial charge in [0.15, 0.2) is 18.8 Å². The van der Waals surface area contributed by atoms with Crippen molar-refractivity contribution in [3.63, 3.8) is 0 Å². The Labute approximate surface area is 357 Å². The zero-order valence-corrected chi connectivity index (χ0v) is 36.0. The lowest BCUT2D eigenvalue weighted by atomic mass is 9.87. The molecule has 19 nitrogen and oxygen atoms in total. The summed E-state index contributed by atoms with van der Waals surface area (Å²) in [7, 11) is 0. The van der Waals surface area contributed by atoms with Crippen molar-refractivity contribution in [3.05, 3.63) is 33.1 Å². The van der Waals surface area contributed by atoms with E-state index in [0.29, 0.717) is 6.42 Å². The summed E-state index contributed by atoms with van der Waals surface area (Å²) in [6.07, 6.45) is -2.29. The average Bonchev–Trinajstić information content (AvgIpc) is 3.50. The summed E-state index contributed by atoms with van der Waals surface area (Å²) in [5.74, 6) is -1.04. The maximum atomic E-state index is 13.3. The summed E-state index contributed by atoms with van der Waals surface area (Å²) in [5, 5.41) is 81.2. The quantitative estimate of drug-likeness (QED) is 0.0621. The van der Waals surface area contributed by atoms with E-state index in [0.717, 1.165) is 55.4 Å². The number of rotatable bonds is 24. The number of nitrogens with zero attached hydrogens (tertiary/aromatic N) is 1. The fourth-order valence-corrected chi connectivity index (χ4v) is 8.49. The lowest BCUT2D eigenvalue weighted by Gasteiger charge is -2.47. The molecule has 0 unspecified atom stereocenters. The normalized spacial score (nSPS) is 33.4. The minimum atomic E-state index is -1.71. The Balaban J connectivity index is 1.37. The van der Waals surface area contributed by atoms with Gasteiger partial charge in [0.2, 0.25) is 11.8 Å². The second kappa shape index (κ2) is 24.9. The molecule has 0 spiro atoms. The van der Waals surface area contributed by atoms with E-state index in [9.17, 15) is 54.9 Å². The monoisotopic (exact) mass is 872 g/mol. The van der Waals surface area contributed by atoms with E-state index >= 15 is 0 Å². The van der Waals surface area contributed by atoms with Crippen LogP contribution in [-0.2, 0) is 28.5 Å². The Morgan fingerprint density at radius 2 is 1.25 bits per heavy atom. The Kier molecular flexibility index (Phi) is 20.7. The van der Waals surface area contributed by atoms with Crippen LogP contribution in [0.15, 0.2) is 21.9 Å². The van der Waals surface area contributed by atoms with E-state index < -0.39 is 121 Å². The van der Waals surface area contributed by atoms with Gasteiger partial charge in [-0.05, 0) is 24.7 Å². The predicted octanol–water partition coefficient (Wildman–Crippen LogP) is 0.191. The van der Waals surface area contributed by atoms with Gasteiger partial charge in [-0.25, -0.2) is 4.79 Å². The molecule has 350 valence electrons. The molecule has 4 rings (SSSR count). The molecule has 0 bridgehead atoms. The molecule has 1 aromatic rings. The summed E-state index contributed by atoms with van der Waals surface area (Å²) in [6.45, 7) is 6.57. The molecule has 61 heavy (non-hydrogen) atoms. The van der Waals surface area contributed by atoms with Gasteiger partial charge < -0.3 is 65.3 Å². The molecule has 0 aliphatic carbocycles. The molecule has 10 N–H and O–H groups in total. The summed E-state index contributed by atoms with van der Waals surface area (Å²) in [4.78, 5) is 51.5. The van der Waals surface area contributed by atoms with Crippen LogP contribution in [0, 0.1) is 11.8 Å². The van der Waals surface area contributed by atoms with Crippen molar-refractivity contribution >= 4 is 11.8 Å². The molecule has 0 aromatic carbocycles. The third-order valence-electron chi connectivity index (χ3n) is 12.0. The van der Waals surface area contributed by atoms with Gasteiger partial charge in [-0.1, -0.05) is 97.8 Å². The highest BCUT2D eigenvalue weighted by atomic mass is 16.8. The SMILES string of the molecule is CC(=O)N[C@H]1[C@H](O[C@@H]2O[C@H](C[C@@H](C)[C@H]3O[C@@H](n4ccc(=O)[nH]c4=O)[C@H](O)[C@@H]3O)[C@H](O)[C@H](O)[C@H]2NC(=O)CCCCCCCCCCCCCCC(C)C)O[C@@H](CO)[C@H](O)[C@@H]1O. The van der Waals surface area contributed by atoms with E-state index in [2.05, 4.69) is 29.5 Å². The van der Waals surface area contributed by atoms with E-state index in [4.69, 9.17) is 18.9 Å². The number of aliphatic hydroxyl groups excluding tert-OH is 7. The summed E-state index contributed by atoms with van der Waals surface area (Å²) >= 11 is 0. The van der Waals surface area contributed by atoms with Crippen LogP contribution in [0.4, 0.5) is 0 Å². The molecular formula is C42H72N4O15. The summed E-state index contributed by atoms with van der Waals surface area (Å²) in [6, 6.07) is -1.75. The smallest absolute Gasteiger partial charge is 0.330 e. The average molecular weight is 873 g/mol. The van der Waals surface area contributed by atoms with Gasteiger partial charge in [-0.2, -0.15) is 0 Å². The van der Waals surface area contributed by atoms with Gasteiger partial charge in [0.1, 0.15) is 54.8 Å². The second-order valence-corrected chi connectivity index (χ2v) is 17.6. The van der Waals surface area contributed by atoms with Crippen molar-refractivity contribution in [1.82, 2.24) is 20.2 Å². The molecule has 3 aliphatic heterocycles. The van der Waals surface area contributed by atoms with Crippen LogP contribution in [0.3, 0.4) is 0 Å². The molecule has 15 atom stereocenters. The van der Waals surface area contributed by atoms with Crippen LogP contribution in [-0.4, -0.2) is 143 Å². The predicted molar refractivity (Wildman–Crippen MR) is 220 cm³/mol.